The summed E-state index contributed by atoms with van der Waals surface area (Å²) >= 11 is 0. The van der Waals surface area contributed by atoms with E-state index < -0.39 is 6.10 Å². The molecule has 0 bridgehead atoms. The molecule has 2 aliphatic rings. The number of hydrogen-bond acceptors (Lipinski definition) is 6. The topological polar surface area (TPSA) is 93.7 Å². The van der Waals surface area contributed by atoms with Crippen LogP contribution in [0.4, 0.5) is 22.7 Å². The second kappa shape index (κ2) is 11.6. The number of Topliss-reactive ketones (excluding diaryl/α,β-unsaturated/α-hetero) is 1. The van der Waals surface area contributed by atoms with Gasteiger partial charge in [-0.3, -0.25) is 9.59 Å². The van der Waals surface area contributed by atoms with Gasteiger partial charge in [-0.25, -0.2) is 0 Å². The zero-order chi connectivity index (χ0) is 25.6. The second-order valence-corrected chi connectivity index (χ2v) is 9.86. The number of β-amino-alcohol motifs (C(OH)–C–C–N with tert-alkyl or cyclic N) is 1. The molecule has 3 aromatic carbocycles. The van der Waals surface area contributed by atoms with Crippen LogP contribution in [0.1, 0.15) is 52.0 Å². The number of likely N-dealkylation sites (tertiary alicyclic amines) is 1. The van der Waals surface area contributed by atoms with Gasteiger partial charge >= 0.3 is 0 Å². The number of para-hydroxylation sites is 1. The van der Waals surface area contributed by atoms with Crippen LogP contribution in [0, 0.1) is 0 Å². The Kier molecular flexibility index (Phi) is 7.82. The van der Waals surface area contributed by atoms with Crippen LogP contribution in [0.2, 0.25) is 0 Å². The van der Waals surface area contributed by atoms with Crippen molar-refractivity contribution in [2.24, 2.45) is 0 Å². The summed E-state index contributed by atoms with van der Waals surface area (Å²) in [5.41, 5.74) is 5.27. The summed E-state index contributed by atoms with van der Waals surface area (Å²) in [6.07, 6.45) is 4.33. The van der Waals surface area contributed by atoms with Crippen LogP contribution >= 0.6 is 0 Å². The molecule has 0 saturated carbocycles. The molecule has 4 N–H and O–H groups in total. The molecule has 3 aromatic rings. The molecule has 0 aromatic heterocycles. The summed E-state index contributed by atoms with van der Waals surface area (Å²) in [6, 6.07) is 20.7. The number of hydrogen-bond donors (Lipinski definition) is 4. The Hall–Kier alpha value is -3.68. The average molecular weight is 499 g/mol. The maximum atomic E-state index is 13.0. The Morgan fingerprint density at radius 3 is 2.35 bits per heavy atom. The molecular formula is C30H34N4O3. The smallest absolute Gasteiger partial charge is 0.255 e. The predicted molar refractivity (Wildman–Crippen MR) is 148 cm³/mol. The third kappa shape index (κ3) is 6.18. The summed E-state index contributed by atoms with van der Waals surface area (Å²) in [6.45, 7) is 3.25. The Labute approximate surface area is 217 Å². The Balaban J connectivity index is 1.20. The summed E-state index contributed by atoms with van der Waals surface area (Å²) in [7, 11) is 0. The molecule has 0 unspecified atom stereocenters. The first-order valence-corrected chi connectivity index (χ1v) is 13.1. The van der Waals surface area contributed by atoms with E-state index in [1.54, 1.807) is 18.2 Å². The molecule has 1 aliphatic heterocycles. The van der Waals surface area contributed by atoms with Gasteiger partial charge in [0.2, 0.25) is 0 Å². The van der Waals surface area contributed by atoms with Gasteiger partial charge in [0.05, 0.1) is 11.8 Å². The highest BCUT2D eigenvalue weighted by Gasteiger charge is 2.27. The Bertz CT molecular complexity index is 1240. The lowest BCUT2D eigenvalue weighted by molar-refractivity contribution is 0.0995. The van der Waals surface area contributed by atoms with E-state index in [4.69, 9.17) is 0 Å². The molecule has 1 amide bonds. The van der Waals surface area contributed by atoms with Crippen LogP contribution in [-0.2, 0) is 6.42 Å². The van der Waals surface area contributed by atoms with Crippen molar-refractivity contribution in [3.63, 3.8) is 0 Å². The lowest BCUT2D eigenvalue weighted by Gasteiger charge is -2.28. The van der Waals surface area contributed by atoms with Crippen LogP contribution in [0.15, 0.2) is 66.7 Å². The number of nitrogens with zero attached hydrogens (tertiary/aromatic N) is 1. The summed E-state index contributed by atoms with van der Waals surface area (Å²) < 4.78 is 0. The molecule has 1 heterocycles. The third-order valence-corrected chi connectivity index (χ3v) is 7.10. The minimum absolute atomic E-state index is 0.0460. The van der Waals surface area contributed by atoms with Gasteiger partial charge < -0.3 is 26.0 Å². The number of ketones is 1. The molecule has 1 saturated heterocycles. The molecule has 0 radical (unpaired) electrons. The van der Waals surface area contributed by atoms with Crippen molar-refractivity contribution in [2.75, 3.05) is 42.1 Å². The summed E-state index contributed by atoms with van der Waals surface area (Å²) in [5, 5.41) is 20.0. The monoisotopic (exact) mass is 498 g/mol. The van der Waals surface area contributed by atoms with Gasteiger partial charge in [-0.05, 0) is 86.4 Å². The number of amides is 1. The van der Waals surface area contributed by atoms with Crippen LogP contribution in [0.3, 0.4) is 0 Å². The quantitative estimate of drug-likeness (QED) is 0.329. The number of carbonyl (C=O) groups excluding carboxylic acids is 2. The maximum absolute atomic E-state index is 13.0. The lowest BCUT2D eigenvalue weighted by atomic mass is 10.0. The third-order valence-electron chi connectivity index (χ3n) is 7.10. The SMILES string of the molecule is O=C(Nc1ccc(Nc2ccccc2)c2c1C(=O)CC2)c1ccc(NC[C@@H](O)CN2CCCCC2)cc1. The van der Waals surface area contributed by atoms with Crippen LogP contribution in [0.25, 0.3) is 0 Å². The minimum atomic E-state index is -0.444. The van der Waals surface area contributed by atoms with Gasteiger partial charge in [0, 0.05) is 47.7 Å². The van der Waals surface area contributed by atoms with Crippen molar-refractivity contribution in [2.45, 2.75) is 38.2 Å². The zero-order valence-electron chi connectivity index (χ0n) is 21.0. The molecule has 7 nitrogen and oxygen atoms in total. The van der Waals surface area contributed by atoms with Gasteiger partial charge in [0.1, 0.15) is 0 Å². The lowest BCUT2D eigenvalue weighted by Crippen LogP contribution is -2.39. The highest BCUT2D eigenvalue weighted by Crippen LogP contribution is 2.36. The average Bonchev–Trinajstić information content (AvgIpc) is 3.32. The second-order valence-electron chi connectivity index (χ2n) is 9.86. The first-order valence-electron chi connectivity index (χ1n) is 13.1. The number of anilines is 4. The fraction of sp³-hybridized carbons (Fsp3) is 0.333. The van der Waals surface area contributed by atoms with E-state index in [-0.39, 0.29) is 11.7 Å². The van der Waals surface area contributed by atoms with E-state index in [2.05, 4.69) is 20.9 Å². The molecule has 1 atom stereocenters. The maximum Gasteiger partial charge on any atom is 0.255 e. The van der Waals surface area contributed by atoms with Crippen molar-refractivity contribution in [3.8, 4) is 0 Å². The molecule has 0 spiro atoms. The zero-order valence-corrected chi connectivity index (χ0v) is 21.0. The molecule has 1 fully saturated rings. The van der Waals surface area contributed by atoms with E-state index in [1.165, 1.54) is 19.3 Å². The fourth-order valence-electron chi connectivity index (χ4n) is 5.16. The van der Waals surface area contributed by atoms with Crippen molar-refractivity contribution < 1.29 is 14.7 Å². The van der Waals surface area contributed by atoms with E-state index in [0.717, 1.165) is 35.7 Å². The number of rotatable bonds is 9. The molecular weight excluding hydrogens is 464 g/mol. The number of aliphatic hydroxyl groups is 1. The number of piperidine rings is 1. The standard InChI is InChI=1S/C30H34N4O3/c35-24(20-34-17-5-2-6-18-34)19-31-22-11-9-21(10-12-22)30(37)33-27-15-14-26(25-13-16-28(36)29(25)27)32-23-7-3-1-4-8-23/h1,3-4,7-12,14-15,24,31-32,35H,2,5-6,13,16-20H2,(H,33,37)/t24-/m1/s1. The highest BCUT2D eigenvalue weighted by atomic mass is 16.3. The predicted octanol–water partition coefficient (Wildman–Crippen LogP) is 5.07. The van der Waals surface area contributed by atoms with Gasteiger partial charge in [-0.15, -0.1) is 0 Å². The fourth-order valence-corrected chi connectivity index (χ4v) is 5.16. The molecule has 192 valence electrons. The van der Waals surface area contributed by atoms with Crippen LogP contribution in [0.5, 0.6) is 0 Å². The largest absolute Gasteiger partial charge is 0.390 e. The Morgan fingerprint density at radius 1 is 0.865 bits per heavy atom. The molecule has 1 aliphatic carbocycles. The molecule has 5 rings (SSSR count). The van der Waals surface area contributed by atoms with Crippen molar-refractivity contribution >= 4 is 34.4 Å². The number of aliphatic hydroxyl groups excluding tert-OH is 1. The summed E-state index contributed by atoms with van der Waals surface area (Å²) in [4.78, 5) is 28.0. The van der Waals surface area contributed by atoms with Crippen molar-refractivity contribution in [1.29, 1.82) is 0 Å². The van der Waals surface area contributed by atoms with Crippen LogP contribution < -0.4 is 16.0 Å². The van der Waals surface area contributed by atoms with E-state index in [1.807, 2.05) is 48.5 Å². The van der Waals surface area contributed by atoms with Crippen LogP contribution in [-0.4, -0.2) is 54.0 Å². The van der Waals surface area contributed by atoms with Gasteiger partial charge in [0.15, 0.2) is 5.78 Å². The number of benzene rings is 3. The van der Waals surface area contributed by atoms with E-state index >= 15 is 0 Å². The van der Waals surface area contributed by atoms with Gasteiger partial charge in [0.25, 0.3) is 5.91 Å². The normalized spacial score (nSPS) is 16.2. The number of carbonyl (C=O) groups is 2. The van der Waals surface area contributed by atoms with Crippen molar-refractivity contribution in [3.05, 3.63) is 83.4 Å². The van der Waals surface area contributed by atoms with E-state index in [9.17, 15) is 14.7 Å². The van der Waals surface area contributed by atoms with Gasteiger partial charge in [-0.1, -0.05) is 24.6 Å². The minimum Gasteiger partial charge on any atom is -0.390 e. The Morgan fingerprint density at radius 2 is 1.59 bits per heavy atom. The first-order chi connectivity index (χ1) is 18.1. The number of fused-ring (bicyclic) bond motifs is 1. The molecule has 37 heavy (non-hydrogen) atoms. The highest BCUT2D eigenvalue weighted by molar-refractivity contribution is 6.12. The van der Waals surface area contributed by atoms with Gasteiger partial charge in [-0.2, -0.15) is 0 Å². The number of nitrogens with one attached hydrogen (secondary N) is 3. The van der Waals surface area contributed by atoms with Crippen molar-refractivity contribution in [1.82, 2.24) is 4.90 Å². The molecule has 7 heteroatoms. The van der Waals surface area contributed by atoms with E-state index in [0.29, 0.717) is 42.7 Å². The summed E-state index contributed by atoms with van der Waals surface area (Å²) in [5.74, 6) is -0.216. The first kappa shape index (κ1) is 25.0.